The van der Waals surface area contributed by atoms with Gasteiger partial charge in [0.25, 0.3) is 0 Å². The summed E-state index contributed by atoms with van der Waals surface area (Å²) in [4.78, 5) is 0. The minimum absolute atomic E-state index is 0.0537. The third kappa shape index (κ3) is 4.04. The lowest BCUT2D eigenvalue weighted by Gasteiger charge is -2.40. The van der Waals surface area contributed by atoms with Crippen molar-refractivity contribution in [3.8, 4) is 5.75 Å². The fraction of sp³-hybridized carbons (Fsp3) is 0.700. The molecule has 0 amide bonds. The van der Waals surface area contributed by atoms with Gasteiger partial charge in [-0.3, -0.25) is 0 Å². The number of nitrogens with one attached hydrogen (secondary N) is 1. The summed E-state index contributed by atoms with van der Waals surface area (Å²) in [6, 6.07) is 7.15. The highest BCUT2D eigenvalue weighted by Crippen LogP contribution is 2.42. The van der Waals surface area contributed by atoms with Gasteiger partial charge in [-0.1, -0.05) is 46.8 Å². The van der Waals surface area contributed by atoms with Crippen LogP contribution in [0.1, 0.15) is 83.9 Å². The van der Waals surface area contributed by atoms with Gasteiger partial charge < -0.3 is 10.1 Å². The first-order valence-corrected chi connectivity index (χ1v) is 8.91. The second-order valence-electron chi connectivity index (χ2n) is 7.75. The van der Waals surface area contributed by atoms with Crippen LogP contribution in [-0.2, 0) is 0 Å². The third-order valence-electron chi connectivity index (χ3n) is 4.93. The number of hydrogen-bond acceptors (Lipinski definition) is 2. The molecule has 2 nitrogen and oxygen atoms in total. The van der Waals surface area contributed by atoms with Crippen molar-refractivity contribution in [2.75, 3.05) is 6.54 Å². The van der Waals surface area contributed by atoms with Gasteiger partial charge in [0.15, 0.2) is 0 Å². The molecule has 1 heterocycles. The molecule has 0 aromatic heterocycles. The maximum absolute atomic E-state index is 6.32. The summed E-state index contributed by atoms with van der Waals surface area (Å²) in [5, 5.41) is 3.78. The first kappa shape index (κ1) is 17.3. The Kier molecular flexibility index (Phi) is 5.55. The molecule has 1 aromatic carbocycles. The van der Waals surface area contributed by atoms with Crippen LogP contribution in [-0.4, -0.2) is 12.1 Å². The SMILES string of the molecule is CCC1(C)CC(NCCC(C)C)c2cc(C(C)C)ccc2O1. The maximum Gasteiger partial charge on any atom is 0.124 e. The molecular formula is C20H33NO. The van der Waals surface area contributed by atoms with E-state index >= 15 is 0 Å². The number of hydrogen-bond donors (Lipinski definition) is 1. The van der Waals surface area contributed by atoms with Crippen LogP contribution < -0.4 is 10.1 Å². The van der Waals surface area contributed by atoms with E-state index in [0.717, 1.165) is 31.1 Å². The van der Waals surface area contributed by atoms with Crippen LogP contribution in [0.4, 0.5) is 0 Å². The van der Waals surface area contributed by atoms with E-state index in [4.69, 9.17) is 4.74 Å². The van der Waals surface area contributed by atoms with Gasteiger partial charge in [0.2, 0.25) is 0 Å². The zero-order valence-corrected chi connectivity index (χ0v) is 15.2. The number of ether oxygens (including phenoxy) is 1. The van der Waals surface area contributed by atoms with Gasteiger partial charge in [-0.2, -0.15) is 0 Å². The van der Waals surface area contributed by atoms with E-state index in [2.05, 4.69) is 65.1 Å². The average Bonchev–Trinajstić information content (AvgIpc) is 2.46. The van der Waals surface area contributed by atoms with Crippen LogP contribution in [0.3, 0.4) is 0 Å². The summed E-state index contributed by atoms with van der Waals surface area (Å²) in [5.41, 5.74) is 2.70. The van der Waals surface area contributed by atoms with E-state index < -0.39 is 0 Å². The summed E-state index contributed by atoms with van der Waals surface area (Å²) < 4.78 is 6.32. The van der Waals surface area contributed by atoms with Crippen LogP contribution in [0.5, 0.6) is 5.75 Å². The maximum atomic E-state index is 6.32. The Morgan fingerprint density at radius 3 is 2.59 bits per heavy atom. The lowest BCUT2D eigenvalue weighted by atomic mass is 9.85. The van der Waals surface area contributed by atoms with Crippen LogP contribution in [0.25, 0.3) is 0 Å². The average molecular weight is 303 g/mol. The van der Waals surface area contributed by atoms with Gasteiger partial charge >= 0.3 is 0 Å². The molecule has 1 aliphatic rings. The normalized spacial score (nSPS) is 24.5. The Morgan fingerprint density at radius 2 is 2.00 bits per heavy atom. The van der Waals surface area contributed by atoms with E-state index in [0.29, 0.717) is 12.0 Å². The second-order valence-corrected chi connectivity index (χ2v) is 7.75. The molecule has 2 unspecified atom stereocenters. The summed E-state index contributed by atoms with van der Waals surface area (Å²) >= 11 is 0. The van der Waals surface area contributed by atoms with Crippen molar-refractivity contribution in [2.45, 2.75) is 78.4 Å². The largest absolute Gasteiger partial charge is 0.487 e. The summed E-state index contributed by atoms with van der Waals surface area (Å²) in [7, 11) is 0. The zero-order chi connectivity index (χ0) is 16.3. The molecule has 0 radical (unpaired) electrons. The molecule has 2 heteroatoms. The quantitative estimate of drug-likeness (QED) is 0.755. The van der Waals surface area contributed by atoms with Crippen molar-refractivity contribution in [3.63, 3.8) is 0 Å². The summed E-state index contributed by atoms with van der Waals surface area (Å²) in [6.07, 6.45) is 3.32. The van der Waals surface area contributed by atoms with Gasteiger partial charge in [-0.25, -0.2) is 0 Å². The predicted molar refractivity (Wildman–Crippen MR) is 94.7 cm³/mol. The third-order valence-corrected chi connectivity index (χ3v) is 4.93. The molecule has 1 aliphatic heterocycles. The fourth-order valence-corrected chi connectivity index (χ4v) is 3.09. The predicted octanol–water partition coefficient (Wildman–Crippen LogP) is 5.44. The van der Waals surface area contributed by atoms with Gasteiger partial charge in [0, 0.05) is 18.0 Å². The van der Waals surface area contributed by atoms with E-state index in [1.807, 2.05) is 0 Å². The first-order chi connectivity index (χ1) is 10.3. The van der Waals surface area contributed by atoms with Crippen LogP contribution >= 0.6 is 0 Å². The first-order valence-electron chi connectivity index (χ1n) is 8.91. The highest BCUT2D eigenvalue weighted by molar-refractivity contribution is 5.42. The molecule has 2 atom stereocenters. The number of rotatable bonds is 6. The fourth-order valence-electron chi connectivity index (χ4n) is 3.09. The molecule has 0 bridgehead atoms. The zero-order valence-electron chi connectivity index (χ0n) is 15.2. The van der Waals surface area contributed by atoms with E-state index in [9.17, 15) is 0 Å². The topological polar surface area (TPSA) is 21.3 Å². The van der Waals surface area contributed by atoms with Crippen molar-refractivity contribution in [1.82, 2.24) is 5.32 Å². The Morgan fingerprint density at radius 1 is 1.27 bits per heavy atom. The Hall–Kier alpha value is -1.02. The lowest BCUT2D eigenvalue weighted by Crippen LogP contribution is -2.41. The summed E-state index contributed by atoms with van der Waals surface area (Å²) in [6.45, 7) is 14.6. The van der Waals surface area contributed by atoms with E-state index in [1.165, 1.54) is 17.5 Å². The minimum Gasteiger partial charge on any atom is -0.487 e. The van der Waals surface area contributed by atoms with Crippen LogP contribution in [0.2, 0.25) is 0 Å². The lowest BCUT2D eigenvalue weighted by molar-refractivity contribution is 0.0440. The van der Waals surface area contributed by atoms with Gasteiger partial charge in [-0.05, 0) is 49.8 Å². The smallest absolute Gasteiger partial charge is 0.124 e. The van der Waals surface area contributed by atoms with Crippen molar-refractivity contribution in [3.05, 3.63) is 29.3 Å². The molecule has 0 saturated heterocycles. The molecule has 0 aliphatic carbocycles. The monoisotopic (exact) mass is 303 g/mol. The second kappa shape index (κ2) is 7.04. The minimum atomic E-state index is -0.0537. The molecule has 0 saturated carbocycles. The Bertz CT molecular complexity index is 494. The highest BCUT2D eigenvalue weighted by Gasteiger charge is 2.35. The van der Waals surface area contributed by atoms with Gasteiger partial charge in [0.1, 0.15) is 11.4 Å². The van der Waals surface area contributed by atoms with Crippen LogP contribution in [0.15, 0.2) is 18.2 Å². The number of fused-ring (bicyclic) bond motifs is 1. The van der Waals surface area contributed by atoms with Crippen molar-refractivity contribution >= 4 is 0 Å². The van der Waals surface area contributed by atoms with Crippen molar-refractivity contribution < 1.29 is 4.74 Å². The van der Waals surface area contributed by atoms with Gasteiger partial charge in [0.05, 0.1) is 0 Å². The van der Waals surface area contributed by atoms with Crippen molar-refractivity contribution in [2.24, 2.45) is 5.92 Å². The molecule has 1 aromatic rings. The molecule has 0 spiro atoms. The number of benzene rings is 1. The standard InChI is InChI=1S/C20H33NO/c1-7-20(6)13-18(21-11-10-14(2)3)17-12-16(15(4)5)8-9-19(17)22-20/h8-9,12,14-15,18,21H,7,10-11,13H2,1-6H3. The van der Waals surface area contributed by atoms with E-state index in [1.54, 1.807) is 0 Å². The highest BCUT2D eigenvalue weighted by atomic mass is 16.5. The van der Waals surface area contributed by atoms with Crippen LogP contribution in [0, 0.1) is 5.92 Å². The van der Waals surface area contributed by atoms with E-state index in [-0.39, 0.29) is 5.60 Å². The molecule has 2 rings (SSSR count). The summed E-state index contributed by atoms with van der Waals surface area (Å²) in [5.74, 6) is 2.37. The molecule has 1 N–H and O–H groups in total. The van der Waals surface area contributed by atoms with Gasteiger partial charge in [-0.15, -0.1) is 0 Å². The molecule has 22 heavy (non-hydrogen) atoms. The molecule has 0 fully saturated rings. The van der Waals surface area contributed by atoms with Crippen molar-refractivity contribution in [1.29, 1.82) is 0 Å². The Balaban J connectivity index is 2.25. The Labute approximate surface area is 136 Å². The molecular weight excluding hydrogens is 270 g/mol. The molecule has 124 valence electrons.